The number of rotatable bonds is 8. The number of halogens is 1. The van der Waals surface area contributed by atoms with Crippen LogP contribution in [0, 0.1) is 5.82 Å². The van der Waals surface area contributed by atoms with Gasteiger partial charge >= 0.3 is 0 Å². The molecule has 8 nitrogen and oxygen atoms in total. The molecule has 226 valence electrons. The van der Waals surface area contributed by atoms with E-state index in [4.69, 9.17) is 4.74 Å². The van der Waals surface area contributed by atoms with Gasteiger partial charge in [0.1, 0.15) is 11.6 Å². The summed E-state index contributed by atoms with van der Waals surface area (Å²) in [5.74, 6) is -0.554. The largest absolute Gasteiger partial charge is 0.497 e. The molecule has 1 N–H and O–H groups in total. The number of nitrogens with zero attached hydrogens (tertiary/aromatic N) is 3. The molecule has 9 heteroatoms. The lowest BCUT2D eigenvalue weighted by Crippen LogP contribution is -2.36. The number of carbonyl (C=O) groups excluding carboxylic acids is 3. The van der Waals surface area contributed by atoms with Gasteiger partial charge in [-0.2, -0.15) is 0 Å². The van der Waals surface area contributed by atoms with Crippen molar-refractivity contribution in [3.63, 3.8) is 0 Å². The molecule has 1 aliphatic rings. The number of hydrogen-bond donors (Lipinski definition) is 1. The maximum absolute atomic E-state index is 13.9. The number of carbonyl (C=O) groups is 3. The summed E-state index contributed by atoms with van der Waals surface area (Å²) in [6.45, 7) is 2.64. The average Bonchev–Trinajstić information content (AvgIpc) is 3.31. The molecular weight excluding hydrogens is 559 g/mol. The zero-order valence-corrected chi connectivity index (χ0v) is 24.8. The Morgan fingerprint density at radius 1 is 0.841 bits per heavy atom. The van der Waals surface area contributed by atoms with E-state index in [2.05, 4.69) is 10.2 Å². The van der Waals surface area contributed by atoms with Crippen LogP contribution in [0.2, 0.25) is 0 Å². The fourth-order valence-electron chi connectivity index (χ4n) is 5.31. The zero-order chi connectivity index (χ0) is 31.1. The van der Waals surface area contributed by atoms with Gasteiger partial charge in [-0.1, -0.05) is 36.4 Å². The topological polar surface area (TPSA) is 82.2 Å². The first kappa shape index (κ1) is 30.3. The molecule has 1 fully saturated rings. The summed E-state index contributed by atoms with van der Waals surface area (Å²) in [5, 5.41) is 2.80. The third-order valence-corrected chi connectivity index (χ3v) is 7.64. The Morgan fingerprint density at radius 2 is 1.61 bits per heavy atom. The second kappa shape index (κ2) is 13.9. The molecule has 1 saturated heterocycles. The van der Waals surface area contributed by atoms with Gasteiger partial charge < -0.3 is 24.8 Å². The lowest BCUT2D eigenvalue weighted by atomic mass is 10.1. The highest BCUT2D eigenvalue weighted by Gasteiger charge is 2.25. The fourth-order valence-corrected chi connectivity index (χ4v) is 5.31. The van der Waals surface area contributed by atoms with Crippen LogP contribution >= 0.6 is 0 Å². The summed E-state index contributed by atoms with van der Waals surface area (Å²) in [6, 6.07) is 27.5. The molecule has 0 aromatic heterocycles. The number of hydrogen-bond acceptors (Lipinski definition) is 5. The first-order valence-electron chi connectivity index (χ1n) is 14.5. The van der Waals surface area contributed by atoms with Crippen molar-refractivity contribution >= 4 is 29.1 Å². The predicted molar refractivity (Wildman–Crippen MR) is 169 cm³/mol. The maximum atomic E-state index is 13.9. The van der Waals surface area contributed by atoms with Crippen molar-refractivity contribution in [3.05, 3.63) is 125 Å². The van der Waals surface area contributed by atoms with E-state index >= 15 is 0 Å². The average molecular weight is 595 g/mol. The maximum Gasteiger partial charge on any atom is 0.256 e. The number of amides is 3. The Morgan fingerprint density at radius 3 is 2.34 bits per heavy atom. The van der Waals surface area contributed by atoms with Gasteiger partial charge in [0, 0.05) is 62.3 Å². The van der Waals surface area contributed by atoms with E-state index in [1.807, 2.05) is 41.3 Å². The Kier molecular flexibility index (Phi) is 9.54. The molecule has 0 spiro atoms. The van der Waals surface area contributed by atoms with Gasteiger partial charge in [-0.15, -0.1) is 0 Å². The summed E-state index contributed by atoms with van der Waals surface area (Å²) >= 11 is 0. The standard InChI is InChI=1S/C35H35FN4O4/c1-38(24-25-8-4-3-5-9-25)35(43)31-23-29(37-33(41)27-10-6-11-28(36)22-27)14-17-32(31)39-18-7-19-40(21-20-39)34(42)26-12-15-30(44-2)16-13-26/h3-6,8-17,22-23H,7,18-21,24H2,1-2H3,(H,37,41). The molecular formula is C35H35FN4O4. The van der Waals surface area contributed by atoms with Crippen LogP contribution in [0.25, 0.3) is 0 Å². The third-order valence-electron chi connectivity index (χ3n) is 7.64. The first-order chi connectivity index (χ1) is 21.3. The SMILES string of the molecule is COc1ccc(C(=O)N2CCCN(c3ccc(NC(=O)c4cccc(F)c4)cc3C(=O)N(C)Cc3ccccc3)CC2)cc1. The van der Waals surface area contributed by atoms with Crippen LogP contribution in [0.3, 0.4) is 0 Å². The minimum Gasteiger partial charge on any atom is -0.497 e. The van der Waals surface area contributed by atoms with Crippen molar-refractivity contribution in [1.29, 1.82) is 0 Å². The molecule has 3 amide bonds. The zero-order valence-electron chi connectivity index (χ0n) is 24.8. The van der Waals surface area contributed by atoms with E-state index < -0.39 is 11.7 Å². The highest BCUT2D eigenvalue weighted by Crippen LogP contribution is 2.28. The molecule has 5 rings (SSSR count). The van der Waals surface area contributed by atoms with Crippen molar-refractivity contribution in [2.75, 3.05) is 50.6 Å². The van der Waals surface area contributed by atoms with Gasteiger partial charge in [-0.25, -0.2) is 4.39 Å². The second-order valence-electron chi connectivity index (χ2n) is 10.7. The number of methoxy groups -OCH3 is 1. The first-order valence-corrected chi connectivity index (χ1v) is 14.5. The molecule has 0 atom stereocenters. The summed E-state index contributed by atoms with van der Waals surface area (Å²) in [5.41, 5.74) is 3.33. The molecule has 0 saturated carbocycles. The van der Waals surface area contributed by atoms with Gasteiger partial charge in [0.15, 0.2) is 0 Å². The van der Waals surface area contributed by atoms with Crippen LogP contribution in [0.4, 0.5) is 15.8 Å². The molecule has 0 bridgehead atoms. The van der Waals surface area contributed by atoms with E-state index in [1.165, 1.54) is 24.3 Å². The van der Waals surface area contributed by atoms with Gasteiger partial charge in [0.2, 0.25) is 0 Å². The number of benzene rings is 4. The van der Waals surface area contributed by atoms with E-state index in [0.29, 0.717) is 61.7 Å². The van der Waals surface area contributed by atoms with Crippen LogP contribution in [0.15, 0.2) is 97.1 Å². The van der Waals surface area contributed by atoms with Gasteiger partial charge in [0.25, 0.3) is 17.7 Å². The highest BCUT2D eigenvalue weighted by molar-refractivity contribution is 6.06. The molecule has 0 radical (unpaired) electrons. The van der Waals surface area contributed by atoms with E-state index in [0.717, 1.165) is 11.3 Å². The van der Waals surface area contributed by atoms with Gasteiger partial charge in [-0.05, 0) is 72.6 Å². The van der Waals surface area contributed by atoms with Gasteiger partial charge in [0.05, 0.1) is 12.7 Å². The Bertz CT molecular complexity index is 1630. The van der Waals surface area contributed by atoms with Gasteiger partial charge in [-0.3, -0.25) is 14.4 Å². The van der Waals surface area contributed by atoms with Crippen LogP contribution < -0.4 is 15.0 Å². The Hall–Kier alpha value is -5.18. The van der Waals surface area contributed by atoms with Crippen LogP contribution in [-0.2, 0) is 6.54 Å². The fraction of sp³-hybridized carbons (Fsp3) is 0.229. The minimum atomic E-state index is -0.507. The Labute approximate surface area is 256 Å². The summed E-state index contributed by atoms with van der Waals surface area (Å²) in [4.78, 5) is 45.7. The van der Waals surface area contributed by atoms with Crippen molar-refractivity contribution < 1.29 is 23.5 Å². The number of ether oxygens (including phenoxy) is 1. The number of anilines is 2. The lowest BCUT2D eigenvalue weighted by molar-refractivity contribution is 0.0763. The van der Waals surface area contributed by atoms with Crippen molar-refractivity contribution in [1.82, 2.24) is 9.80 Å². The summed E-state index contributed by atoms with van der Waals surface area (Å²) in [7, 11) is 3.33. The van der Waals surface area contributed by atoms with Crippen molar-refractivity contribution in [2.24, 2.45) is 0 Å². The molecule has 1 heterocycles. The molecule has 4 aromatic carbocycles. The van der Waals surface area contributed by atoms with Crippen LogP contribution in [-0.4, -0.2) is 67.9 Å². The molecule has 0 unspecified atom stereocenters. The number of nitrogens with one attached hydrogen (secondary N) is 1. The highest BCUT2D eigenvalue weighted by atomic mass is 19.1. The summed E-state index contributed by atoms with van der Waals surface area (Å²) < 4.78 is 18.9. The normalized spacial score (nSPS) is 13.2. The lowest BCUT2D eigenvalue weighted by Gasteiger charge is -2.28. The second-order valence-corrected chi connectivity index (χ2v) is 10.7. The molecule has 1 aliphatic heterocycles. The smallest absolute Gasteiger partial charge is 0.256 e. The Balaban J connectivity index is 1.38. The predicted octanol–water partition coefficient (Wildman–Crippen LogP) is 5.71. The van der Waals surface area contributed by atoms with Crippen LogP contribution in [0.5, 0.6) is 5.75 Å². The third kappa shape index (κ3) is 7.23. The minimum absolute atomic E-state index is 0.0520. The monoisotopic (exact) mass is 594 g/mol. The van der Waals surface area contributed by atoms with Crippen molar-refractivity contribution in [2.45, 2.75) is 13.0 Å². The quantitative estimate of drug-likeness (QED) is 0.283. The summed E-state index contributed by atoms with van der Waals surface area (Å²) in [6.07, 6.45) is 0.716. The van der Waals surface area contributed by atoms with E-state index in [-0.39, 0.29) is 17.4 Å². The molecule has 4 aromatic rings. The molecule has 0 aliphatic carbocycles. The van der Waals surface area contributed by atoms with Crippen molar-refractivity contribution in [3.8, 4) is 5.75 Å². The van der Waals surface area contributed by atoms with E-state index in [9.17, 15) is 18.8 Å². The van der Waals surface area contributed by atoms with Crippen LogP contribution in [0.1, 0.15) is 43.1 Å². The van der Waals surface area contributed by atoms with E-state index in [1.54, 1.807) is 55.5 Å². The molecule has 44 heavy (non-hydrogen) atoms.